The van der Waals surface area contributed by atoms with Crippen molar-refractivity contribution in [1.29, 1.82) is 0 Å². The first kappa shape index (κ1) is 13.9. The van der Waals surface area contributed by atoms with E-state index in [1.54, 1.807) is 11.3 Å². The lowest BCUT2D eigenvalue weighted by Gasteiger charge is -2.25. The van der Waals surface area contributed by atoms with Crippen LogP contribution in [0.4, 0.5) is 0 Å². The number of likely N-dealkylation sites (tertiary alicyclic amines) is 1. The van der Waals surface area contributed by atoms with Gasteiger partial charge in [-0.05, 0) is 54.0 Å². The molecule has 0 amide bonds. The minimum Gasteiger partial charge on any atom is -0.357 e. The van der Waals surface area contributed by atoms with Gasteiger partial charge >= 0.3 is 0 Å². The number of aliphatic imine (C=N–C) groups is 1. The molecule has 0 unspecified atom stereocenters. The number of rotatable bonds is 3. The van der Waals surface area contributed by atoms with Crippen LogP contribution in [0.15, 0.2) is 21.8 Å². The highest BCUT2D eigenvalue weighted by Gasteiger charge is 2.41. The highest BCUT2D eigenvalue weighted by molar-refractivity contribution is 7.07. The van der Waals surface area contributed by atoms with Crippen LogP contribution in [0.1, 0.15) is 44.6 Å². The largest absolute Gasteiger partial charge is 0.357 e. The van der Waals surface area contributed by atoms with Crippen molar-refractivity contribution < 1.29 is 0 Å². The van der Waals surface area contributed by atoms with Gasteiger partial charge in [0, 0.05) is 19.6 Å². The Bertz CT molecular complexity index is 446. The van der Waals surface area contributed by atoms with Gasteiger partial charge < -0.3 is 10.2 Å². The Labute approximate surface area is 126 Å². The van der Waals surface area contributed by atoms with E-state index in [1.165, 1.54) is 50.8 Å². The summed E-state index contributed by atoms with van der Waals surface area (Å²) in [7, 11) is 0. The highest BCUT2D eigenvalue weighted by Crippen LogP contribution is 2.45. The van der Waals surface area contributed by atoms with Crippen molar-refractivity contribution in [2.75, 3.05) is 19.6 Å². The average molecular weight is 291 g/mol. The Kier molecular flexibility index (Phi) is 4.29. The second-order valence-electron chi connectivity index (χ2n) is 6.18. The van der Waals surface area contributed by atoms with Gasteiger partial charge in [-0.15, -0.1) is 0 Å². The fraction of sp³-hybridized carbons (Fsp3) is 0.688. The van der Waals surface area contributed by atoms with Gasteiger partial charge in [-0.25, -0.2) is 4.99 Å². The molecule has 1 N–H and O–H groups in total. The molecule has 0 aromatic carbocycles. The molecule has 4 heteroatoms. The summed E-state index contributed by atoms with van der Waals surface area (Å²) in [4.78, 5) is 7.32. The van der Waals surface area contributed by atoms with Gasteiger partial charge in [0.25, 0.3) is 0 Å². The lowest BCUT2D eigenvalue weighted by Crippen LogP contribution is -2.41. The van der Waals surface area contributed by atoms with E-state index in [0.29, 0.717) is 5.41 Å². The van der Waals surface area contributed by atoms with E-state index < -0.39 is 0 Å². The summed E-state index contributed by atoms with van der Waals surface area (Å²) < 4.78 is 0. The molecule has 3 rings (SSSR count). The quantitative estimate of drug-likeness (QED) is 0.682. The average Bonchev–Trinajstić information content (AvgIpc) is 3.18. The van der Waals surface area contributed by atoms with Crippen molar-refractivity contribution in [3.63, 3.8) is 0 Å². The maximum Gasteiger partial charge on any atom is 0.194 e. The third-order valence-electron chi connectivity index (χ3n) is 4.73. The molecule has 3 nitrogen and oxygen atoms in total. The van der Waals surface area contributed by atoms with Gasteiger partial charge in [0.1, 0.15) is 0 Å². The molecule has 1 aliphatic heterocycles. The van der Waals surface area contributed by atoms with Crippen LogP contribution in [0.3, 0.4) is 0 Å². The molecule has 2 fully saturated rings. The molecule has 110 valence electrons. The molecule has 2 aliphatic rings. The smallest absolute Gasteiger partial charge is 0.194 e. The third-order valence-corrected chi connectivity index (χ3v) is 5.46. The number of nitrogens with one attached hydrogen (secondary N) is 1. The van der Waals surface area contributed by atoms with Crippen molar-refractivity contribution in [2.45, 2.75) is 45.6 Å². The SMILES string of the molecule is CCNC(=NCc1ccsc1)N1CCC2(CCCC2)C1. The second kappa shape index (κ2) is 6.17. The Morgan fingerprint density at radius 3 is 2.95 bits per heavy atom. The summed E-state index contributed by atoms with van der Waals surface area (Å²) in [5.74, 6) is 1.11. The van der Waals surface area contributed by atoms with E-state index >= 15 is 0 Å². The molecule has 20 heavy (non-hydrogen) atoms. The number of nitrogens with zero attached hydrogens (tertiary/aromatic N) is 2. The molecule has 1 aromatic heterocycles. The van der Waals surface area contributed by atoms with Gasteiger partial charge in [-0.2, -0.15) is 11.3 Å². The van der Waals surface area contributed by atoms with E-state index in [4.69, 9.17) is 4.99 Å². The molecule has 2 heterocycles. The standard InChI is InChI=1S/C16H25N3S/c1-2-17-15(18-11-14-5-10-20-12-14)19-9-8-16(13-19)6-3-4-7-16/h5,10,12H,2-4,6-9,11,13H2,1H3,(H,17,18). The summed E-state index contributed by atoms with van der Waals surface area (Å²) in [6, 6.07) is 2.17. The zero-order chi connectivity index (χ0) is 13.8. The van der Waals surface area contributed by atoms with Crippen LogP contribution < -0.4 is 5.32 Å². The topological polar surface area (TPSA) is 27.6 Å². The summed E-state index contributed by atoms with van der Waals surface area (Å²) in [5, 5.41) is 7.79. The lowest BCUT2D eigenvalue weighted by atomic mass is 9.86. The second-order valence-corrected chi connectivity index (χ2v) is 6.96. The molecule has 1 aliphatic carbocycles. The maximum absolute atomic E-state index is 4.83. The predicted octanol–water partition coefficient (Wildman–Crippen LogP) is 3.48. The number of guanidine groups is 1. The van der Waals surface area contributed by atoms with Crippen LogP contribution in [-0.2, 0) is 6.54 Å². The van der Waals surface area contributed by atoms with E-state index in [0.717, 1.165) is 19.0 Å². The molecule has 0 atom stereocenters. The molecule has 1 saturated heterocycles. The van der Waals surface area contributed by atoms with Crippen molar-refractivity contribution in [3.8, 4) is 0 Å². The Morgan fingerprint density at radius 1 is 1.40 bits per heavy atom. The first-order valence-electron chi connectivity index (χ1n) is 7.86. The number of thiophene rings is 1. The van der Waals surface area contributed by atoms with Gasteiger partial charge in [-0.1, -0.05) is 12.8 Å². The molecule has 0 radical (unpaired) electrons. The minimum absolute atomic E-state index is 0.610. The van der Waals surface area contributed by atoms with E-state index in [9.17, 15) is 0 Å². The molecular weight excluding hydrogens is 266 g/mol. The van der Waals surface area contributed by atoms with Crippen LogP contribution in [0, 0.1) is 5.41 Å². The number of hydrogen-bond donors (Lipinski definition) is 1. The van der Waals surface area contributed by atoms with Crippen LogP contribution in [0.5, 0.6) is 0 Å². The minimum atomic E-state index is 0.610. The predicted molar refractivity (Wildman–Crippen MR) is 86.2 cm³/mol. The molecular formula is C16H25N3S. The summed E-state index contributed by atoms with van der Waals surface area (Å²) in [5.41, 5.74) is 1.93. The molecule has 1 saturated carbocycles. The van der Waals surface area contributed by atoms with Crippen LogP contribution in [0.25, 0.3) is 0 Å². The van der Waals surface area contributed by atoms with Crippen molar-refractivity contribution >= 4 is 17.3 Å². The molecule has 1 aromatic rings. The van der Waals surface area contributed by atoms with E-state index in [1.807, 2.05) is 0 Å². The Hall–Kier alpha value is -1.03. The zero-order valence-electron chi connectivity index (χ0n) is 12.4. The number of hydrogen-bond acceptors (Lipinski definition) is 2. The third kappa shape index (κ3) is 3.00. The normalized spacial score (nSPS) is 21.9. The van der Waals surface area contributed by atoms with Crippen molar-refractivity contribution in [3.05, 3.63) is 22.4 Å². The van der Waals surface area contributed by atoms with Crippen molar-refractivity contribution in [2.24, 2.45) is 10.4 Å². The summed E-state index contributed by atoms with van der Waals surface area (Å²) in [6.07, 6.45) is 7.06. The monoisotopic (exact) mass is 291 g/mol. The first-order valence-corrected chi connectivity index (χ1v) is 8.80. The van der Waals surface area contributed by atoms with Crippen LogP contribution >= 0.6 is 11.3 Å². The van der Waals surface area contributed by atoms with Crippen molar-refractivity contribution in [1.82, 2.24) is 10.2 Å². The van der Waals surface area contributed by atoms with Gasteiger partial charge in [0.05, 0.1) is 6.54 Å². The lowest BCUT2D eigenvalue weighted by molar-refractivity contribution is 0.309. The summed E-state index contributed by atoms with van der Waals surface area (Å²) in [6.45, 7) is 6.29. The molecule has 1 spiro atoms. The van der Waals surface area contributed by atoms with E-state index in [2.05, 4.69) is 34.0 Å². The fourth-order valence-electron chi connectivity index (χ4n) is 3.62. The van der Waals surface area contributed by atoms with E-state index in [-0.39, 0.29) is 0 Å². The molecule has 0 bridgehead atoms. The zero-order valence-corrected chi connectivity index (χ0v) is 13.2. The first-order chi connectivity index (χ1) is 9.81. The van der Waals surface area contributed by atoms with Crippen LogP contribution in [0.2, 0.25) is 0 Å². The maximum atomic E-state index is 4.83. The van der Waals surface area contributed by atoms with Gasteiger partial charge in [0.15, 0.2) is 5.96 Å². The Morgan fingerprint density at radius 2 is 2.25 bits per heavy atom. The Balaban J connectivity index is 1.66. The van der Waals surface area contributed by atoms with Gasteiger partial charge in [-0.3, -0.25) is 0 Å². The van der Waals surface area contributed by atoms with Crippen LogP contribution in [-0.4, -0.2) is 30.5 Å². The van der Waals surface area contributed by atoms with Gasteiger partial charge in [0.2, 0.25) is 0 Å². The summed E-state index contributed by atoms with van der Waals surface area (Å²) >= 11 is 1.75. The highest BCUT2D eigenvalue weighted by atomic mass is 32.1. The fourth-order valence-corrected chi connectivity index (χ4v) is 4.28.